The summed E-state index contributed by atoms with van der Waals surface area (Å²) in [4.78, 5) is 0. The lowest BCUT2D eigenvalue weighted by Crippen LogP contribution is -1.91. The molecule has 6 heteroatoms. The largest absolute Gasteiger partial charge is 0.508 e. The van der Waals surface area contributed by atoms with E-state index in [1.165, 1.54) is 6.07 Å². The number of phenolic OH excluding ortho intramolecular Hbond substituents is 2. The maximum atomic E-state index is 10.5. The number of aromatic nitrogens is 3. The van der Waals surface area contributed by atoms with Crippen LogP contribution < -0.4 is 0 Å². The van der Waals surface area contributed by atoms with Crippen LogP contribution >= 0.6 is 12.2 Å². The van der Waals surface area contributed by atoms with Crippen LogP contribution in [-0.2, 0) is 13.0 Å². The molecule has 2 aromatic carbocycles. The van der Waals surface area contributed by atoms with Crippen LogP contribution in [0.25, 0.3) is 33.3 Å². The number of aromatic hydroxyl groups is 2. The molecule has 0 aliphatic heterocycles. The number of benzene rings is 2. The SMILES string of the molecule is CCc1cc(-c2[nH][nH]c(=S)c2-c2cccc3c2ccn3CC)c(O)cc1O. The smallest absolute Gasteiger partial charge is 0.128 e. The van der Waals surface area contributed by atoms with Crippen molar-refractivity contribution in [3.63, 3.8) is 0 Å². The van der Waals surface area contributed by atoms with E-state index in [4.69, 9.17) is 12.2 Å². The maximum absolute atomic E-state index is 10.5. The van der Waals surface area contributed by atoms with Gasteiger partial charge < -0.3 is 14.8 Å². The van der Waals surface area contributed by atoms with Gasteiger partial charge in [-0.3, -0.25) is 10.2 Å². The van der Waals surface area contributed by atoms with Crippen LogP contribution in [0.15, 0.2) is 42.6 Å². The molecule has 4 aromatic rings. The molecule has 27 heavy (non-hydrogen) atoms. The minimum atomic E-state index is 0.00880. The van der Waals surface area contributed by atoms with Crippen molar-refractivity contribution < 1.29 is 10.2 Å². The summed E-state index contributed by atoms with van der Waals surface area (Å²) in [5.74, 6) is 0.103. The highest BCUT2D eigenvalue weighted by Gasteiger charge is 2.19. The van der Waals surface area contributed by atoms with E-state index in [1.807, 2.05) is 19.1 Å². The monoisotopic (exact) mass is 379 g/mol. The van der Waals surface area contributed by atoms with Gasteiger partial charge in [0.1, 0.15) is 16.1 Å². The molecule has 4 rings (SSSR count). The highest BCUT2D eigenvalue weighted by Crippen LogP contribution is 2.41. The Labute approximate surface area is 161 Å². The van der Waals surface area contributed by atoms with Crippen molar-refractivity contribution in [3.8, 4) is 33.9 Å². The summed E-state index contributed by atoms with van der Waals surface area (Å²) in [6.07, 6.45) is 2.73. The molecule has 0 aliphatic carbocycles. The minimum Gasteiger partial charge on any atom is -0.508 e. The summed E-state index contributed by atoms with van der Waals surface area (Å²) >= 11 is 5.56. The fourth-order valence-corrected chi connectivity index (χ4v) is 3.90. The second-order valence-corrected chi connectivity index (χ2v) is 6.93. The standard InChI is InChI=1S/C21H21N3O2S/c1-3-12-10-15(18(26)11-17(12)25)20-19(21(27)23-22-20)14-6-5-7-16-13(14)8-9-24(16)4-2/h5-11,25-26H,3-4H2,1-2H3,(H2,22,23,27). The molecule has 0 atom stereocenters. The molecule has 0 aliphatic rings. The van der Waals surface area contributed by atoms with Crippen LogP contribution in [0.2, 0.25) is 0 Å². The summed E-state index contributed by atoms with van der Waals surface area (Å²) in [5.41, 5.74) is 5.07. The first-order valence-corrected chi connectivity index (χ1v) is 9.40. The lowest BCUT2D eigenvalue weighted by molar-refractivity contribution is 0.447. The fraction of sp³-hybridized carbons (Fsp3) is 0.190. The average molecular weight is 379 g/mol. The zero-order chi connectivity index (χ0) is 19.1. The van der Waals surface area contributed by atoms with Gasteiger partial charge in [0.05, 0.1) is 5.69 Å². The molecule has 0 radical (unpaired) electrons. The number of nitrogens with zero attached hydrogens (tertiary/aromatic N) is 1. The van der Waals surface area contributed by atoms with Crippen molar-refractivity contribution >= 4 is 23.1 Å². The lowest BCUT2D eigenvalue weighted by Gasteiger charge is -2.11. The van der Waals surface area contributed by atoms with Crippen LogP contribution in [0.1, 0.15) is 19.4 Å². The first-order valence-electron chi connectivity index (χ1n) is 8.99. The van der Waals surface area contributed by atoms with E-state index in [-0.39, 0.29) is 11.5 Å². The summed E-state index contributed by atoms with van der Waals surface area (Å²) in [6, 6.07) is 11.4. The van der Waals surface area contributed by atoms with E-state index < -0.39 is 0 Å². The van der Waals surface area contributed by atoms with Gasteiger partial charge in [-0.05, 0) is 42.7 Å². The van der Waals surface area contributed by atoms with E-state index in [1.54, 1.807) is 6.07 Å². The molecule has 0 amide bonds. The van der Waals surface area contributed by atoms with Gasteiger partial charge >= 0.3 is 0 Å². The summed E-state index contributed by atoms with van der Waals surface area (Å²) in [6.45, 7) is 4.96. The Kier molecular flexibility index (Phi) is 4.28. The number of phenols is 2. The van der Waals surface area contributed by atoms with Crippen LogP contribution in [0, 0.1) is 4.64 Å². The number of fused-ring (bicyclic) bond motifs is 1. The first kappa shape index (κ1) is 17.4. The molecule has 5 nitrogen and oxygen atoms in total. The topological polar surface area (TPSA) is 77.0 Å². The van der Waals surface area contributed by atoms with Crippen LogP contribution in [0.4, 0.5) is 0 Å². The Morgan fingerprint density at radius 3 is 2.56 bits per heavy atom. The second kappa shape index (κ2) is 6.63. The number of aromatic amines is 2. The number of aryl methyl sites for hydroxylation is 2. The Balaban J connectivity index is 2.00. The quantitative estimate of drug-likeness (QED) is 0.361. The van der Waals surface area contributed by atoms with Crippen LogP contribution in [0.5, 0.6) is 11.5 Å². The summed E-state index contributed by atoms with van der Waals surface area (Å²) in [5, 5.41) is 27.7. The molecule has 0 saturated heterocycles. The van der Waals surface area contributed by atoms with Gasteiger partial charge in [0.15, 0.2) is 0 Å². The average Bonchev–Trinajstić information content (AvgIpc) is 3.25. The second-order valence-electron chi connectivity index (χ2n) is 6.52. The number of hydrogen-bond acceptors (Lipinski definition) is 3. The van der Waals surface area contributed by atoms with Gasteiger partial charge in [-0.1, -0.05) is 31.3 Å². The van der Waals surface area contributed by atoms with Crippen molar-refractivity contribution in [3.05, 3.63) is 52.8 Å². The normalized spacial score (nSPS) is 11.3. The Morgan fingerprint density at radius 2 is 1.81 bits per heavy atom. The molecule has 0 spiro atoms. The van der Waals surface area contributed by atoms with Gasteiger partial charge in [-0.2, -0.15) is 0 Å². The molecular formula is C21H21N3O2S. The number of rotatable bonds is 4. The Hall–Kier alpha value is -2.99. The Morgan fingerprint density at radius 1 is 1.00 bits per heavy atom. The maximum Gasteiger partial charge on any atom is 0.128 e. The third-order valence-corrected chi connectivity index (χ3v) is 5.36. The van der Waals surface area contributed by atoms with Crippen molar-refractivity contribution in [2.45, 2.75) is 26.8 Å². The fourth-order valence-electron chi connectivity index (χ4n) is 3.64. The van der Waals surface area contributed by atoms with E-state index in [9.17, 15) is 10.2 Å². The first-order chi connectivity index (χ1) is 13.0. The van der Waals surface area contributed by atoms with Gasteiger partial charge in [-0.25, -0.2) is 0 Å². The van der Waals surface area contributed by atoms with Crippen molar-refractivity contribution in [1.29, 1.82) is 0 Å². The highest BCUT2D eigenvalue weighted by atomic mass is 32.1. The molecule has 0 bridgehead atoms. The molecule has 0 fully saturated rings. The lowest BCUT2D eigenvalue weighted by atomic mass is 9.96. The molecule has 0 unspecified atom stereocenters. The zero-order valence-electron chi connectivity index (χ0n) is 15.2. The number of nitrogens with one attached hydrogen (secondary N) is 2. The van der Waals surface area contributed by atoms with Crippen molar-refractivity contribution in [2.24, 2.45) is 0 Å². The van der Waals surface area contributed by atoms with Gasteiger partial charge in [0.25, 0.3) is 0 Å². The van der Waals surface area contributed by atoms with Crippen LogP contribution in [-0.4, -0.2) is 25.0 Å². The third kappa shape index (κ3) is 2.73. The molecule has 2 heterocycles. The minimum absolute atomic E-state index is 0.00880. The van der Waals surface area contributed by atoms with Gasteiger partial charge in [0.2, 0.25) is 0 Å². The Bertz CT molecular complexity index is 1200. The molecule has 138 valence electrons. The molecule has 4 N–H and O–H groups in total. The third-order valence-electron chi connectivity index (χ3n) is 5.05. The van der Waals surface area contributed by atoms with E-state index in [2.05, 4.69) is 40.0 Å². The van der Waals surface area contributed by atoms with E-state index >= 15 is 0 Å². The predicted octanol–water partition coefficient (Wildman–Crippen LogP) is 5.35. The molecule has 2 aromatic heterocycles. The zero-order valence-corrected chi connectivity index (χ0v) is 16.0. The molecular weight excluding hydrogens is 358 g/mol. The van der Waals surface area contributed by atoms with Gasteiger partial charge in [0, 0.05) is 40.8 Å². The van der Waals surface area contributed by atoms with E-state index in [0.29, 0.717) is 22.3 Å². The molecule has 0 saturated carbocycles. The summed E-state index contributed by atoms with van der Waals surface area (Å²) < 4.78 is 2.76. The van der Waals surface area contributed by atoms with Crippen LogP contribution in [0.3, 0.4) is 0 Å². The van der Waals surface area contributed by atoms with E-state index in [0.717, 1.165) is 34.1 Å². The van der Waals surface area contributed by atoms with Gasteiger partial charge in [-0.15, -0.1) is 0 Å². The van der Waals surface area contributed by atoms with Crippen molar-refractivity contribution in [1.82, 2.24) is 14.8 Å². The highest BCUT2D eigenvalue weighted by molar-refractivity contribution is 7.71. The number of H-pyrrole nitrogens is 2. The number of hydrogen-bond donors (Lipinski definition) is 4. The summed E-state index contributed by atoms with van der Waals surface area (Å²) in [7, 11) is 0. The predicted molar refractivity (Wildman–Crippen MR) is 111 cm³/mol. The van der Waals surface area contributed by atoms with Crippen molar-refractivity contribution in [2.75, 3.05) is 0 Å².